The van der Waals surface area contributed by atoms with Gasteiger partial charge in [0.1, 0.15) is 5.82 Å². The van der Waals surface area contributed by atoms with Crippen molar-refractivity contribution in [2.75, 3.05) is 31.1 Å². The van der Waals surface area contributed by atoms with Crippen LogP contribution in [0.4, 0.5) is 5.82 Å². The SMILES string of the molecule is Cc1nc(N2CCCCC2)ccc1C1CCCCN1CC(C)C. The summed E-state index contributed by atoms with van der Waals surface area (Å²) in [5.74, 6) is 1.92. The third kappa shape index (κ3) is 4.06. The first-order valence-corrected chi connectivity index (χ1v) is 9.61. The predicted molar refractivity (Wildman–Crippen MR) is 98.0 cm³/mol. The molecule has 0 saturated carbocycles. The van der Waals surface area contributed by atoms with Gasteiger partial charge in [-0.15, -0.1) is 0 Å². The van der Waals surface area contributed by atoms with E-state index in [4.69, 9.17) is 4.98 Å². The summed E-state index contributed by atoms with van der Waals surface area (Å²) >= 11 is 0. The second kappa shape index (κ2) is 7.65. The van der Waals surface area contributed by atoms with Crippen molar-refractivity contribution in [2.45, 2.75) is 65.3 Å². The number of aromatic nitrogens is 1. The second-order valence-electron chi connectivity index (χ2n) is 7.79. The lowest BCUT2D eigenvalue weighted by molar-refractivity contribution is 0.131. The normalized spacial score (nSPS) is 23.5. The number of aryl methyl sites for hydroxylation is 1. The molecule has 1 unspecified atom stereocenters. The number of piperidine rings is 2. The molecule has 1 atom stereocenters. The van der Waals surface area contributed by atoms with Gasteiger partial charge in [-0.1, -0.05) is 26.3 Å². The van der Waals surface area contributed by atoms with Gasteiger partial charge in [0.05, 0.1) is 0 Å². The van der Waals surface area contributed by atoms with Gasteiger partial charge < -0.3 is 4.90 Å². The Morgan fingerprint density at radius 2 is 1.78 bits per heavy atom. The van der Waals surface area contributed by atoms with Crippen LogP contribution in [-0.2, 0) is 0 Å². The molecule has 23 heavy (non-hydrogen) atoms. The van der Waals surface area contributed by atoms with Crippen LogP contribution in [0.3, 0.4) is 0 Å². The van der Waals surface area contributed by atoms with Crippen LogP contribution in [-0.4, -0.2) is 36.1 Å². The van der Waals surface area contributed by atoms with Gasteiger partial charge in [-0.3, -0.25) is 4.90 Å². The zero-order valence-electron chi connectivity index (χ0n) is 15.2. The summed E-state index contributed by atoms with van der Waals surface area (Å²) in [6.07, 6.45) is 7.99. The Morgan fingerprint density at radius 3 is 2.48 bits per heavy atom. The molecule has 0 aromatic carbocycles. The molecule has 1 aromatic heterocycles. The lowest BCUT2D eigenvalue weighted by Crippen LogP contribution is -2.36. The second-order valence-corrected chi connectivity index (χ2v) is 7.79. The lowest BCUT2D eigenvalue weighted by Gasteiger charge is -2.38. The van der Waals surface area contributed by atoms with E-state index in [9.17, 15) is 0 Å². The average molecular weight is 316 g/mol. The first-order chi connectivity index (χ1) is 11.1. The van der Waals surface area contributed by atoms with Crippen LogP contribution in [0, 0.1) is 12.8 Å². The molecule has 0 radical (unpaired) electrons. The van der Waals surface area contributed by atoms with Crippen molar-refractivity contribution in [2.24, 2.45) is 5.92 Å². The molecule has 3 nitrogen and oxygen atoms in total. The zero-order chi connectivity index (χ0) is 16.2. The van der Waals surface area contributed by atoms with Gasteiger partial charge in [0.2, 0.25) is 0 Å². The number of hydrogen-bond donors (Lipinski definition) is 0. The fourth-order valence-corrected chi connectivity index (χ4v) is 4.24. The Labute approximate surface area is 142 Å². The fraction of sp³-hybridized carbons (Fsp3) is 0.750. The molecule has 2 aliphatic heterocycles. The minimum atomic E-state index is 0.578. The molecule has 1 aromatic rings. The van der Waals surface area contributed by atoms with Gasteiger partial charge in [-0.25, -0.2) is 4.98 Å². The molecule has 2 saturated heterocycles. The molecule has 0 aliphatic carbocycles. The number of rotatable bonds is 4. The minimum Gasteiger partial charge on any atom is -0.357 e. The van der Waals surface area contributed by atoms with Crippen LogP contribution in [0.1, 0.15) is 69.7 Å². The number of anilines is 1. The van der Waals surface area contributed by atoms with E-state index in [2.05, 4.69) is 42.7 Å². The maximum absolute atomic E-state index is 4.98. The van der Waals surface area contributed by atoms with Crippen LogP contribution in [0.2, 0.25) is 0 Å². The van der Waals surface area contributed by atoms with Crippen molar-refractivity contribution in [1.82, 2.24) is 9.88 Å². The summed E-state index contributed by atoms with van der Waals surface area (Å²) in [4.78, 5) is 10.1. The van der Waals surface area contributed by atoms with E-state index < -0.39 is 0 Å². The van der Waals surface area contributed by atoms with Gasteiger partial charge in [0, 0.05) is 31.4 Å². The van der Waals surface area contributed by atoms with E-state index >= 15 is 0 Å². The predicted octanol–water partition coefficient (Wildman–Crippen LogP) is 4.56. The third-order valence-corrected chi connectivity index (χ3v) is 5.36. The van der Waals surface area contributed by atoms with Crippen molar-refractivity contribution < 1.29 is 0 Å². The first kappa shape index (κ1) is 16.8. The van der Waals surface area contributed by atoms with Crippen LogP contribution in [0.15, 0.2) is 12.1 Å². The van der Waals surface area contributed by atoms with Crippen LogP contribution in [0.25, 0.3) is 0 Å². The summed E-state index contributed by atoms with van der Waals surface area (Å²) in [6.45, 7) is 11.7. The van der Waals surface area contributed by atoms with E-state index in [0.29, 0.717) is 6.04 Å². The highest BCUT2D eigenvalue weighted by Gasteiger charge is 2.26. The average Bonchev–Trinajstić information content (AvgIpc) is 2.56. The summed E-state index contributed by atoms with van der Waals surface area (Å²) in [6, 6.07) is 5.22. The monoisotopic (exact) mass is 315 g/mol. The molecule has 0 bridgehead atoms. The summed E-state index contributed by atoms with van der Waals surface area (Å²) in [7, 11) is 0. The lowest BCUT2D eigenvalue weighted by atomic mass is 9.93. The Hall–Kier alpha value is -1.09. The van der Waals surface area contributed by atoms with E-state index in [1.807, 2.05) is 0 Å². The van der Waals surface area contributed by atoms with Crippen molar-refractivity contribution >= 4 is 5.82 Å². The Bertz CT molecular complexity index is 506. The maximum Gasteiger partial charge on any atom is 0.128 e. The molecule has 0 N–H and O–H groups in total. The van der Waals surface area contributed by atoms with Gasteiger partial charge in [-0.05, 0) is 63.1 Å². The molecule has 3 heteroatoms. The van der Waals surface area contributed by atoms with Gasteiger partial charge in [0.15, 0.2) is 0 Å². The molecule has 3 rings (SSSR count). The number of nitrogens with zero attached hydrogens (tertiary/aromatic N) is 3. The molecular weight excluding hydrogens is 282 g/mol. The Morgan fingerprint density at radius 1 is 1.04 bits per heavy atom. The van der Waals surface area contributed by atoms with Crippen molar-refractivity contribution in [3.8, 4) is 0 Å². The molecule has 0 amide bonds. The molecule has 128 valence electrons. The number of hydrogen-bond acceptors (Lipinski definition) is 3. The van der Waals surface area contributed by atoms with E-state index in [0.717, 1.165) is 5.92 Å². The highest BCUT2D eigenvalue weighted by atomic mass is 15.2. The van der Waals surface area contributed by atoms with Crippen LogP contribution in [0.5, 0.6) is 0 Å². The van der Waals surface area contributed by atoms with Crippen molar-refractivity contribution in [3.05, 3.63) is 23.4 Å². The fourth-order valence-electron chi connectivity index (χ4n) is 4.24. The largest absolute Gasteiger partial charge is 0.357 e. The molecule has 3 heterocycles. The van der Waals surface area contributed by atoms with Crippen molar-refractivity contribution in [3.63, 3.8) is 0 Å². The topological polar surface area (TPSA) is 19.4 Å². The Kier molecular flexibility index (Phi) is 5.58. The van der Waals surface area contributed by atoms with Gasteiger partial charge in [0.25, 0.3) is 0 Å². The number of pyridine rings is 1. The summed E-state index contributed by atoms with van der Waals surface area (Å²) in [5, 5.41) is 0. The van der Waals surface area contributed by atoms with Crippen LogP contribution >= 0.6 is 0 Å². The number of likely N-dealkylation sites (tertiary alicyclic amines) is 1. The smallest absolute Gasteiger partial charge is 0.128 e. The molecule has 2 aliphatic rings. The van der Waals surface area contributed by atoms with E-state index in [1.165, 1.54) is 81.8 Å². The summed E-state index contributed by atoms with van der Waals surface area (Å²) < 4.78 is 0. The standard InChI is InChI=1S/C20H33N3/c1-16(2)15-23-14-8-5-9-19(23)18-10-11-20(21-17(18)3)22-12-6-4-7-13-22/h10-11,16,19H,4-9,12-15H2,1-3H3. The van der Waals surface area contributed by atoms with Gasteiger partial charge >= 0.3 is 0 Å². The van der Waals surface area contributed by atoms with Crippen LogP contribution < -0.4 is 4.90 Å². The maximum atomic E-state index is 4.98. The minimum absolute atomic E-state index is 0.578. The van der Waals surface area contributed by atoms with Crippen molar-refractivity contribution in [1.29, 1.82) is 0 Å². The van der Waals surface area contributed by atoms with Gasteiger partial charge in [-0.2, -0.15) is 0 Å². The van der Waals surface area contributed by atoms with E-state index in [1.54, 1.807) is 0 Å². The molecule has 0 spiro atoms. The third-order valence-electron chi connectivity index (χ3n) is 5.36. The summed E-state index contributed by atoms with van der Waals surface area (Å²) in [5.41, 5.74) is 2.71. The molecular formula is C20H33N3. The van der Waals surface area contributed by atoms with E-state index in [-0.39, 0.29) is 0 Å². The first-order valence-electron chi connectivity index (χ1n) is 9.61. The quantitative estimate of drug-likeness (QED) is 0.812. The highest BCUT2D eigenvalue weighted by molar-refractivity contribution is 5.42. The zero-order valence-corrected chi connectivity index (χ0v) is 15.2. The Balaban J connectivity index is 1.78. The molecule has 2 fully saturated rings. The highest BCUT2D eigenvalue weighted by Crippen LogP contribution is 2.33.